The van der Waals surface area contributed by atoms with Crippen LogP contribution in [0.4, 0.5) is 11.4 Å². The number of nitrogens with zero attached hydrogens (tertiary/aromatic N) is 4. The van der Waals surface area contributed by atoms with Crippen molar-refractivity contribution in [3.8, 4) is 11.6 Å². The third-order valence-electron chi connectivity index (χ3n) is 4.24. The van der Waals surface area contributed by atoms with Gasteiger partial charge in [0.2, 0.25) is 5.88 Å². The zero-order valence-electron chi connectivity index (χ0n) is 15.5. The number of carbonyl (C=O) groups excluding carboxylic acids is 1. The molecular weight excluding hydrogens is 364 g/mol. The second-order valence-electron chi connectivity index (χ2n) is 6.33. The van der Waals surface area contributed by atoms with E-state index in [1.165, 1.54) is 31.4 Å². The maximum atomic E-state index is 12.3. The highest BCUT2D eigenvalue weighted by Crippen LogP contribution is 2.42. The fourth-order valence-corrected chi connectivity index (χ4v) is 2.89. The summed E-state index contributed by atoms with van der Waals surface area (Å²) in [5.41, 5.74) is 0.903. The molecule has 0 aliphatic heterocycles. The largest absolute Gasteiger partial charge is 0.497 e. The summed E-state index contributed by atoms with van der Waals surface area (Å²) >= 11 is 0. The third-order valence-corrected chi connectivity index (χ3v) is 4.24. The van der Waals surface area contributed by atoms with Crippen LogP contribution < -0.4 is 4.74 Å². The van der Waals surface area contributed by atoms with E-state index in [2.05, 4.69) is 10.2 Å². The van der Waals surface area contributed by atoms with Gasteiger partial charge in [0.1, 0.15) is 5.75 Å². The minimum Gasteiger partial charge on any atom is -0.497 e. The van der Waals surface area contributed by atoms with E-state index in [-0.39, 0.29) is 28.9 Å². The number of amides is 1. The maximum absolute atomic E-state index is 12.3. The molecular formula is C19H18N4O5. The Bertz CT molecular complexity index is 1080. The fourth-order valence-electron chi connectivity index (χ4n) is 2.89. The Morgan fingerprint density at radius 1 is 1.21 bits per heavy atom. The van der Waals surface area contributed by atoms with E-state index in [1.807, 2.05) is 13.8 Å². The summed E-state index contributed by atoms with van der Waals surface area (Å²) in [4.78, 5) is 22.4. The number of non-ortho nitro benzene ring substituents is 1. The van der Waals surface area contributed by atoms with Gasteiger partial charge >= 0.3 is 0 Å². The molecule has 0 fully saturated rings. The highest BCUT2D eigenvalue weighted by Gasteiger charge is 2.19. The van der Waals surface area contributed by atoms with Crippen molar-refractivity contribution in [2.45, 2.75) is 19.9 Å². The standard InChI is InChI=1S/C19H18N4O5/c1-11(2)22-16-9-8-14(28-3)10-15(16)17(19(22)25)20-21-18(24)12-4-6-13(7-5-12)23(26)27/h4-11,25H,1-3H3. The summed E-state index contributed by atoms with van der Waals surface area (Å²) in [6.07, 6.45) is 0. The number of nitro groups is 1. The van der Waals surface area contributed by atoms with Crippen LogP contribution in [0.2, 0.25) is 0 Å². The van der Waals surface area contributed by atoms with E-state index in [4.69, 9.17) is 4.74 Å². The zero-order valence-corrected chi connectivity index (χ0v) is 15.5. The number of carbonyl (C=O) groups is 1. The fraction of sp³-hybridized carbons (Fsp3) is 0.211. The van der Waals surface area contributed by atoms with Crippen molar-refractivity contribution in [2.75, 3.05) is 7.11 Å². The summed E-state index contributed by atoms with van der Waals surface area (Å²) in [7, 11) is 1.53. The van der Waals surface area contributed by atoms with Gasteiger partial charge in [-0.1, -0.05) is 0 Å². The van der Waals surface area contributed by atoms with Crippen LogP contribution in [0.25, 0.3) is 10.9 Å². The number of azo groups is 1. The highest BCUT2D eigenvalue weighted by molar-refractivity contribution is 5.98. The Hall–Kier alpha value is -3.75. The van der Waals surface area contributed by atoms with Crippen LogP contribution in [0.1, 0.15) is 30.2 Å². The highest BCUT2D eigenvalue weighted by atomic mass is 16.6. The van der Waals surface area contributed by atoms with Crippen LogP contribution in [0, 0.1) is 10.1 Å². The number of hydrogen-bond donors (Lipinski definition) is 1. The Kier molecular flexibility index (Phi) is 5.08. The number of benzene rings is 2. The van der Waals surface area contributed by atoms with Crippen molar-refractivity contribution in [1.82, 2.24) is 4.57 Å². The number of fused-ring (bicyclic) bond motifs is 1. The lowest BCUT2D eigenvalue weighted by atomic mass is 10.2. The van der Waals surface area contributed by atoms with Crippen molar-refractivity contribution >= 4 is 28.2 Å². The topological polar surface area (TPSA) is 119 Å². The number of hydrogen-bond acceptors (Lipinski definition) is 6. The van der Waals surface area contributed by atoms with Gasteiger partial charge in [-0.05, 0) is 44.2 Å². The predicted octanol–water partition coefficient (Wildman–Crippen LogP) is 4.77. The average Bonchev–Trinajstić information content (AvgIpc) is 2.96. The number of ether oxygens (including phenoxy) is 1. The molecule has 0 aliphatic carbocycles. The second-order valence-corrected chi connectivity index (χ2v) is 6.33. The molecule has 0 radical (unpaired) electrons. The Balaban J connectivity index is 2.01. The van der Waals surface area contributed by atoms with Crippen molar-refractivity contribution in [1.29, 1.82) is 0 Å². The zero-order chi connectivity index (χ0) is 20.4. The van der Waals surface area contributed by atoms with E-state index >= 15 is 0 Å². The minimum atomic E-state index is -0.678. The summed E-state index contributed by atoms with van der Waals surface area (Å²) in [5, 5.41) is 29.5. The van der Waals surface area contributed by atoms with E-state index in [0.29, 0.717) is 11.1 Å². The summed E-state index contributed by atoms with van der Waals surface area (Å²) in [6.45, 7) is 3.82. The lowest BCUT2D eigenvalue weighted by molar-refractivity contribution is -0.384. The quantitative estimate of drug-likeness (QED) is 0.387. The van der Waals surface area contributed by atoms with Gasteiger partial charge in [-0.3, -0.25) is 14.9 Å². The predicted molar refractivity (Wildman–Crippen MR) is 102 cm³/mol. The number of nitro benzene ring substituents is 1. The molecule has 1 heterocycles. The monoisotopic (exact) mass is 382 g/mol. The smallest absolute Gasteiger partial charge is 0.295 e. The summed E-state index contributed by atoms with van der Waals surface area (Å²) in [5.74, 6) is -0.215. The average molecular weight is 382 g/mol. The third kappa shape index (κ3) is 3.41. The molecule has 28 heavy (non-hydrogen) atoms. The van der Waals surface area contributed by atoms with Crippen molar-refractivity contribution in [2.24, 2.45) is 10.2 Å². The van der Waals surface area contributed by atoms with Crippen molar-refractivity contribution < 1.29 is 19.6 Å². The second kappa shape index (κ2) is 7.47. The molecule has 0 bridgehead atoms. The molecule has 144 valence electrons. The molecule has 3 aromatic rings. The molecule has 0 aliphatic rings. The van der Waals surface area contributed by atoms with Gasteiger partial charge < -0.3 is 14.4 Å². The molecule has 3 rings (SSSR count). The van der Waals surface area contributed by atoms with Gasteiger partial charge in [-0.25, -0.2) is 0 Å². The van der Waals surface area contributed by atoms with E-state index in [9.17, 15) is 20.0 Å². The lowest BCUT2D eigenvalue weighted by Gasteiger charge is -2.10. The van der Waals surface area contributed by atoms with Gasteiger partial charge in [0.25, 0.3) is 11.6 Å². The summed E-state index contributed by atoms with van der Waals surface area (Å²) in [6, 6.07) is 10.3. The lowest BCUT2D eigenvalue weighted by Crippen LogP contribution is -1.99. The first kappa shape index (κ1) is 19.0. The SMILES string of the molecule is COc1ccc2c(c1)c(N=NC(=O)c1ccc([N+](=O)[O-])cc1)c(O)n2C(C)C. The van der Waals surface area contributed by atoms with E-state index in [1.54, 1.807) is 22.8 Å². The summed E-state index contributed by atoms with van der Waals surface area (Å²) < 4.78 is 6.91. The normalized spacial score (nSPS) is 11.4. The van der Waals surface area contributed by atoms with Crippen molar-refractivity contribution in [3.63, 3.8) is 0 Å². The van der Waals surface area contributed by atoms with Crippen molar-refractivity contribution in [3.05, 3.63) is 58.1 Å². The van der Waals surface area contributed by atoms with Gasteiger partial charge in [-0.2, -0.15) is 0 Å². The van der Waals surface area contributed by atoms with Crippen LogP contribution in [-0.4, -0.2) is 27.6 Å². The molecule has 1 N–H and O–H groups in total. The Morgan fingerprint density at radius 3 is 2.46 bits per heavy atom. The maximum Gasteiger partial charge on any atom is 0.295 e. The van der Waals surface area contributed by atoms with Crippen LogP contribution in [0.3, 0.4) is 0 Å². The molecule has 1 amide bonds. The molecule has 0 saturated carbocycles. The van der Waals surface area contributed by atoms with Crippen LogP contribution in [0.15, 0.2) is 52.7 Å². The van der Waals surface area contributed by atoms with Gasteiger partial charge in [0, 0.05) is 29.1 Å². The first-order chi connectivity index (χ1) is 13.3. The van der Waals surface area contributed by atoms with E-state index < -0.39 is 10.8 Å². The molecule has 2 aromatic carbocycles. The number of rotatable bonds is 5. The molecule has 9 heteroatoms. The molecule has 0 unspecified atom stereocenters. The first-order valence-electron chi connectivity index (χ1n) is 8.45. The van der Waals surface area contributed by atoms with Gasteiger partial charge in [0.05, 0.1) is 17.5 Å². The molecule has 0 atom stereocenters. The molecule has 0 saturated heterocycles. The molecule has 9 nitrogen and oxygen atoms in total. The van der Waals surface area contributed by atoms with Crippen LogP contribution in [0.5, 0.6) is 11.6 Å². The Labute approximate surface area is 160 Å². The number of aromatic nitrogens is 1. The molecule has 0 spiro atoms. The van der Waals surface area contributed by atoms with Gasteiger partial charge in [-0.15, -0.1) is 10.2 Å². The minimum absolute atomic E-state index is 0.0507. The van der Waals surface area contributed by atoms with Crippen LogP contribution in [-0.2, 0) is 0 Å². The number of aromatic hydroxyl groups is 1. The first-order valence-corrected chi connectivity index (χ1v) is 8.45. The van der Waals surface area contributed by atoms with Crippen LogP contribution >= 0.6 is 0 Å². The van der Waals surface area contributed by atoms with Gasteiger partial charge in [0.15, 0.2) is 5.69 Å². The Morgan fingerprint density at radius 2 is 1.89 bits per heavy atom. The van der Waals surface area contributed by atoms with E-state index in [0.717, 1.165) is 5.52 Å². The molecule has 1 aromatic heterocycles. The number of methoxy groups -OCH3 is 1.